The summed E-state index contributed by atoms with van der Waals surface area (Å²) in [5.74, 6) is -2.25. The van der Waals surface area contributed by atoms with Crippen LogP contribution in [0.3, 0.4) is 0 Å². The molecule has 0 saturated carbocycles. The predicted octanol–water partition coefficient (Wildman–Crippen LogP) is 6.63. The summed E-state index contributed by atoms with van der Waals surface area (Å²) in [7, 11) is 1.38. The molecule has 2 aromatic carbocycles. The molecule has 3 aromatic rings. The van der Waals surface area contributed by atoms with Gasteiger partial charge < -0.3 is 14.5 Å². The third-order valence-electron chi connectivity index (χ3n) is 5.79. The lowest BCUT2D eigenvalue weighted by molar-refractivity contribution is -0.143. The zero-order chi connectivity index (χ0) is 29.5. The summed E-state index contributed by atoms with van der Waals surface area (Å²) in [5, 5.41) is 1.79. The highest BCUT2D eigenvalue weighted by Gasteiger charge is 2.38. The molecule has 0 atom stereocenters. The van der Waals surface area contributed by atoms with E-state index in [4.69, 9.17) is 4.74 Å². The molecular formula is C27H25F7N2O3S. The second-order valence-electron chi connectivity index (χ2n) is 8.82. The average molecular weight is 591 g/mol. The minimum Gasteiger partial charge on any atom is -0.385 e. The maximum atomic E-state index is 13.4. The molecule has 0 radical (unpaired) electrons. The number of hydrogen-bond donors (Lipinski definition) is 0. The molecule has 1 aromatic heterocycles. The number of ether oxygens (including phenoxy) is 1. The maximum absolute atomic E-state index is 13.4. The van der Waals surface area contributed by atoms with Crippen LogP contribution in [-0.4, -0.2) is 48.4 Å². The van der Waals surface area contributed by atoms with Gasteiger partial charge in [-0.1, -0.05) is 18.2 Å². The molecular weight excluding hydrogens is 565 g/mol. The number of halogens is 7. The summed E-state index contributed by atoms with van der Waals surface area (Å²) >= 11 is 1.36. The van der Waals surface area contributed by atoms with E-state index in [9.17, 15) is 40.3 Å². The Balaban J connectivity index is 1.93. The molecule has 13 heteroatoms. The van der Waals surface area contributed by atoms with Crippen molar-refractivity contribution in [2.24, 2.45) is 0 Å². The van der Waals surface area contributed by atoms with Crippen LogP contribution in [0, 0.1) is 5.82 Å². The number of nitrogens with zero attached hydrogens (tertiary/aromatic N) is 2. The van der Waals surface area contributed by atoms with Crippen molar-refractivity contribution >= 4 is 23.2 Å². The van der Waals surface area contributed by atoms with E-state index in [0.29, 0.717) is 17.7 Å². The summed E-state index contributed by atoms with van der Waals surface area (Å²) in [6.45, 7) is -0.510. The third kappa shape index (κ3) is 8.78. The highest BCUT2D eigenvalue weighted by Crippen LogP contribution is 2.36. The van der Waals surface area contributed by atoms with Gasteiger partial charge >= 0.3 is 12.4 Å². The molecule has 0 saturated heterocycles. The first-order valence-corrected chi connectivity index (χ1v) is 12.8. The molecule has 216 valence electrons. The van der Waals surface area contributed by atoms with Crippen LogP contribution < -0.4 is 0 Å². The van der Waals surface area contributed by atoms with E-state index in [0.717, 1.165) is 9.78 Å². The van der Waals surface area contributed by atoms with Crippen molar-refractivity contribution in [3.63, 3.8) is 0 Å². The maximum Gasteiger partial charge on any atom is 0.416 e. The normalized spacial score (nSPS) is 11.9. The van der Waals surface area contributed by atoms with Gasteiger partial charge in [0.1, 0.15) is 12.4 Å². The van der Waals surface area contributed by atoms with Gasteiger partial charge in [-0.2, -0.15) is 26.3 Å². The molecule has 0 aliphatic carbocycles. The molecule has 0 unspecified atom stereocenters. The molecule has 2 amide bonds. The van der Waals surface area contributed by atoms with E-state index in [-0.39, 0.29) is 38.7 Å². The minimum atomic E-state index is -5.14. The van der Waals surface area contributed by atoms with Crippen LogP contribution in [0.2, 0.25) is 0 Å². The number of carbonyl (C=O) groups is 2. The molecule has 40 heavy (non-hydrogen) atoms. The van der Waals surface area contributed by atoms with Crippen molar-refractivity contribution in [2.45, 2.75) is 31.9 Å². The van der Waals surface area contributed by atoms with Crippen molar-refractivity contribution in [1.82, 2.24) is 9.80 Å². The van der Waals surface area contributed by atoms with Crippen LogP contribution in [0.4, 0.5) is 30.7 Å². The van der Waals surface area contributed by atoms with E-state index >= 15 is 0 Å². The molecule has 0 bridgehead atoms. The number of methoxy groups -OCH3 is 1. The summed E-state index contributed by atoms with van der Waals surface area (Å²) in [6.07, 6.45) is -10.1. The van der Waals surface area contributed by atoms with Crippen molar-refractivity contribution in [3.05, 3.63) is 92.9 Å². The van der Waals surface area contributed by atoms with Crippen molar-refractivity contribution in [3.8, 4) is 0 Å². The summed E-state index contributed by atoms with van der Waals surface area (Å²) in [6, 6.07) is 9.56. The molecule has 5 nitrogen and oxygen atoms in total. The Bertz CT molecular complexity index is 1240. The SMILES string of the molecule is COCCCN(CC(=O)N(Cc1ccc(F)cc1)Cc1cccs1)C(=O)c1cc(C(F)(F)F)cc(C(F)(F)F)c1. The van der Waals surface area contributed by atoms with Crippen LogP contribution in [0.1, 0.15) is 38.3 Å². The first-order chi connectivity index (χ1) is 18.8. The van der Waals surface area contributed by atoms with Gasteiger partial charge in [0.15, 0.2) is 0 Å². The topological polar surface area (TPSA) is 49.9 Å². The zero-order valence-corrected chi connectivity index (χ0v) is 22.0. The first-order valence-electron chi connectivity index (χ1n) is 11.9. The van der Waals surface area contributed by atoms with Gasteiger partial charge in [-0.15, -0.1) is 11.3 Å². The second-order valence-corrected chi connectivity index (χ2v) is 9.86. The van der Waals surface area contributed by atoms with Gasteiger partial charge in [-0.3, -0.25) is 9.59 Å². The van der Waals surface area contributed by atoms with Gasteiger partial charge in [-0.05, 0) is 53.8 Å². The molecule has 0 N–H and O–H groups in total. The van der Waals surface area contributed by atoms with Gasteiger partial charge in [0, 0.05) is 37.2 Å². The Kier molecular flexibility index (Phi) is 10.3. The summed E-state index contributed by atoms with van der Waals surface area (Å²) in [4.78, 5) is 29.8. The molecule has 1 heterocycles. The van der Waals surface area contributed by atoms with Crippen molar-refractivity contribution in [1.29, 1.82) is 0 Å². The predicted molar refractivity (Wildman–Crippen MR) is 134 cm³/mol. The first kappa shape index (κ1) is 31.1. The molecule has 0 aliphatic rings. The fraction of sp³-hybridized carbons (Fsp3) is 0.333. The number of carbonyl (C=O) groups excluding carboxylic acids is 2. The quantitative estimate of drug-likeness (QED) is 0.186. The highest BCUT2D eigenvalue weighted by atomic mass is 32.1. The fourth-order valence-electron chi connectivity index (χ4n) is 3.81. The standard InChI is InChI=1S/C27H25F7N2O3S/c1-39-10-3-9-35(25(38)19-12-20(26(29,30)31)14-21(13-19)27(32,33)34)17-24(37)36(16-23-4-2-11-40-23)15-18-5-7-22(28)8-6-18/h2,4-8,11-14H,3,9-10,15-17H2,1H3. The van der Waals surface area contributed by atoms with Crippen molar-refractivity contribution < 1.29 is 45.1 Å². The Morgan fingerprint density at radius 3 is 2.02 bits per heavy atom. The highest BCUT2D eigenvalue weighted by molar-refractivity contribution is 7.09. The zero-order valence-electron chi connectivity index (χ0n) is 21.2. The number of thiophene rings is 1. The van der Waals surface area contributed by atoms with E-state index in [2.05, 4.69) is 0 Å². The van der Waals surface area contributed by atoms with Crippen LogP contribution >= 0.6 is 11.3 Å². The third-order valence-corrected chi connectivity index (χ3v) is 6.65. The number of hydrogen-bond acceptors (Lipinski definition) is 4. The Morgan fingerprint density at radius 2 is 1.50 bits per heavy atom. The lowest BCUT2D eigenvalue weighted by Crippen LogP contribution is -2.43. The Labute approximate surface area is 229 Å². The molecule has 3 rings (SSSR count). The van der Waals surface area contributed by atoms with Crippen molar-refractivity contribution in [2.75, 3.05) is 26.8 Å². The largest absolute Gasteiger partial charge is 0.416 e. The van der Waals surface area contributed by atoms with E-state index < -0.39 is 53.2 Å². The van der Waals surface area contributed by atoms with Crippen LogP contribution in [0.15, 0.2) is 60.0 Å². The van der Waals surface area contributed by atoms with Crippen LogP contribution in [0.5, 0.6) is 0 Å². The van der Waals surface area contributed by atoms with Gasteiger partial charge in [0.2, 0.25) is 5.91 Å². The lowest BCUT2D eigenvalue weighted by Gasteiger charge is -2.28. The van der Waals surface area contributed by atoms with Gasteiger partial charge in [0.25, 0.3) is 5.91 Å². The molecule has 0 fully saturated rings. The van der Waals surface area contributed by atoms with Crippen LogP contribution in [-0.2, 0) is 35.0 Å². The smallest absolute Gasteiger partial charge is 0.385 e. The summed E-state index contributed by atoms with van der Waals surface area (Å²) < 4.78 is 98.7. The molecule has 0 spiro atoms. The van der Waals surface area contributed by atoms with Gasteiger partial charge in [-0.25, -0.2) is 4.39 Å². The number of rotatable bonds is 11. The van der Waals surface area contributed by atoms with E-state index in [1.54, 1.807) is 17.5 Å². The average Bonchev–Trinajstić information content (AvgIpc) is 3.40. The van der Waals surface area contributed by atoms with Gasteiger partial charge in [0.05, 0.1) is 17.7 Å². The monoisotopic (exact) mass is 590 g/mol. The number of amides is 2. The Hall–Kier alpha value is -3.45. The number of alkyl halides is 6. The Morgan fingerprint density at radius 1 is 0.875 bits per heavy atom. The molecule has 0 aliphatic heterocycles. The van der Waals surface area contributed by atoms with E-state index in [1.807, 2.05) is 0 Å². The summed E-state index contributed by atoms with van der Waals surface area (Å²) in [5.41, 5.74) is -3.54. The second kappa shape index (κ2) is 13.3. The lowest BCUT2D eigenvalue weighted by atomic mass is 10.0. The van der Waals surface area contributed by atoms with Crippen LogP contribution in [0.25, 0.3) is 0 Å². The fourth-order valence-corrected chi connectivity index (χ4v) is 4.53. The minimum absolute atomic E-state index is 0.0267. The van der Waals surface area contributed by atoms with E-state index in [1.165, 1.54) is 47.6 Å². The number of benzene rings is 2.